The molecule has 7 nitrogen and oxygen atoms in total. The van der Waals surface area contributed by atoms with E-state index in [2.05, 4.69) is 5.32 Å². The number of halogens is 1. The van der Waals surface area contributed by atoms with Crippen LogP contribution in [-0.4, -0.2) is 33.4 Å². The number of rotatable bonds is 6. The standard InChI is InChI=1S/C11H11ClN2O5S/c1-6-2-9(14(18)19)7(12)3-8(6)13-10(15)4-20-5-11(16)17/h2-3H,4-5H2,1H3,(H,13,15)(H,16,17). The number of amides is 1. The number of carboxylic acid groups (broad SMARTS) is 1. The van der Waals surface area contributed by atoms with Crippen molar-refractivity contribution in [1.29, 1.82) is 0 Å². The quantitative estimate of drug-likeness (QED) is 0.615. The largest absolute Gasteiger partial charge is 0.481 e. The number of thioether (sulfide) groups is 1. The fraction of sp³-hybridized carbons (Fsp3) is 0.273. The van der Waals surface area contributed by atoms with Gasteiger partial charge in [-0.2, -0.15) is 0 Å². The van der Waals surface area contributed by atoms with Gasteiger partial charge >= 0.3 is 5.97 Å². The molecule has 1 aromatic carbocycles. The number of carbonyl (C=O) groups is 2. The second-order valence-electron chi connectivity index (χ2n) is 3.81. The Balaban J connectivity index is 2.73. The Morgan fingerprint density at radius 2 is 2.10 bits per heavy atom. The molecule has 0 saturated carbocycles. The zero-order valence-corrected chi connectivity index (χ0v) is 12.0. The van der Waals surface area contributed by atoms with Crippen LogP contribution in [0.2, 0.25) is 5.02 Å². The molecule has 1 rings (SSSR count). The van der Waals surface area contributed by atoms with E-state index in [0.29, 0.717) is 11.3 Å². The third-order valence-electron chi connectivity index (χ3n) is 2.22. The Morgan fingerprint density at radius 3 is 2.65 bits per heavy atom. The number of nitro benzene ring substituents is 1. The molecule has 0 spiro atoms. The number of benzene rings is 1. The van der Waals surface area contributed by atoms with Crippen molar-refractivity contribution < 1.29 is 19.6 Å². The summed E-state index contributed by atoms with van der Waals surface area (Å²) < 4.78 is 0. The van der Waals surface area contributed by atoms with Crippen LogP contribution in [0.3, 0.4) is 0 Å². The van der Waals surface area contributed by atoms with Crippen molar-refractivity contribution in [3.8, 4) is 0 Å². The number of carbonyl (C=O) groups excluding carboxylic acids is 1. The number of nitro groups is 1. The molecule has 0 aliphatic heterocycles. The summed E-state index contributed by atoms with van der Waals surface area (Å²) in [4.78, 5) is 32.0. The molecular weight excluding hydrogens is 308 g/mol. The number of nitrogens with zero attached hydrogens (tertiary/aromatic N) is 1. The fourth-order valence-corrected chi connectivity index (χ4v) is 2.13. The zero-order valence-electron chi connectivity index (χ0n) is 10.4. The fourth-order valence-electron chi connectivity index (χ4n) is 1.36. The van der Waals surface area contributed by atoms with Crippen LogP contribution in [0, 0.1) is 17.0 Å². The first kappa shape index (κ1) is 16.3. The molecule has 1 aromatic rings. The van der Waals surface area contributed by atoms with Gasteiger partial charge in [-0.25, -0.2) is 0 Å². The van der Waals surface area contributed by atoms with Gasteiger partial charge in [0.15, 0.2) is 0 Å². The van der Waals surface area contributed by atoms with E-state index in [0.717, 1.165) is 11.8 Å². The molecule has 0 aromatic heterocycles. The van der Waals surface area contributed by atoms with Crippen LogP contribution in [0.1, 0.15) is 5.56 Å². The number of hydrogen-bond acceptors (Lipinski definition) is 5. The molecule has 0 aliphatic rings. The number of carboxylic acids is 1. The Kier molecular flexibility index (Phi) is 5.78. The third kappa shape index (κ3) is 4.71. The molecule has 0 radical (unpaired) electrons. The van der Waals surface area contributed by atoms with Gasteiger partial charge < -0.3 is 10.4 Å². The van der Waals surface area contributed by atoms with Gasteiger partial charge in [0.05, 0.1) is 16.4 Å². The predicted octanol–water partition coefficient (Wildman–Crippen LogP) is 2.31. The molecule has 0 atom stereocenters. The van der Waals surface area contributed by atoms with Gasteiger partial charge in [0.2, 0.25) is 5.91 Å². The van der Waals surface area contributed by atoms with Gasteiger partial charge in [0.25, 0.3) is 5.69 Å². The number of nitrogens with one attached hydrogen (secondary N) is 1. The molecule has 1 amide bonds. The van der Waals surface area contributed by atoms with Crippen molar-refractivity contribution in [2.24, 2.45) is 0 Å². The Hall–Kier alpha value is -1.80. The van der Waals surface area contributed by atoms with E-state index in [-0.39, 0.29) is 22.2 Å². The van der Waals surface area contributed by atoms with Crippen molar-refractivity contribution in [2.75, 3.05) is 16.8 Å². The summed E-state index contributed by atoms with van der Waals surface area (Å²) in [7, 11) is 0. The average molecular weight is 319 g/mol. The lowest BCUT2D eigenvalue weighted by Gasteiger charge is -2.08. The lowest BCUT2D eigenvalue weighted by Crippen LogP contribution is -2.16. The summed E-state index contributed by atoms with van der Waals surface area (Å²) in [5.41, 5.74) is 0.627. The van der Waals surface area contributed by atoms with Gasteiger partial charge in [-0.15, -0.1) is 11.8 Å². The maximum atomic E-state index is 11.6. The second-order valence-corrected chi connectivity index (χ2v) is 5.20. The van der Waals surface area contributed by atoms with Crippen LogP contribution in [0.5, 0.6) is 0 Å². The number of aliphatic carboxylic acids is 1. The van der Waals surface area contributed by atoms with Gasteiger partial charge in [0, 0.05) is 11.8 Å². The molecule has 108 valence electrons. The molecule has 0 saturated heterocycles. The minimum absolute atomic E-state index is 0.0274. The monoisotopic (exact) mass is 318 g/mol. The van der Waals surface area contributed by atoms with Crippen molar-refractivity contribution in [3.05, 3.63) is 32.8 Å². The molecular formula is C11H11ClN2O5S. The van der Waals surface area contributed by atoms with Gasteiger partial charge in [-0.1, -0.05) is 11.6 Å². The molecule has 9 heteroatoms. The number of anilines is 1. The summed E-state index contributed by atoms with van der Waals surface area (Å²) in [5.74, 6) is -1.60. The van der Waals surface area contributed by atoms with E-state index in [9.17, 15) is 19.7 Å². The summed E-state index contributed by atoms with van der Waals surface area (Å²) in [5, 5.41) is 21.6. The highest BCUT2D eigenvalue weighted by atomic mass is 35.5. The maximum absolute atomic E-state index is 11.6. The second kappa shape index (κ2) is 7.11. The highest BCUT2D eigenvalue weighted by molar-refractivity contribution is 8.00. The topological polar surface area (TPSA) is 110 Å². The van der Waals surface area contributed by atoms with Crippen LogP contribution in [0.25, 0.3) is 0 Å². The first-order valence-corrected chi connectivity index (χ1v) is 6.88. The minimum atomic E-state index is -1.00. The summed E-state index contributed by atoms with van der Waals surface area (Å²) >= 11 is 6.70. The van der Waals surface area contributed by atoms with E-state index in [1.807, 2.05) is 0 Å². The van der Waals surface area contributed by atoms with Crippen LogP contribution in [0.4, 0.5) is 11.4 Å². The van der Waals surface area contributed by atoms with Crippen molar-refractivity contribution in [1.82, 2.24) is 0 Å². The smallest absolute Gasteiger partial charge is 0.313 e. The molecule has 0 bridgehead atoms. The highest BCUT2D eigenvalue weighted by Gasteiger charge is 2.16. The zero-order chi connectivity index (χ0) is 15.3. The first-order chi connectivity index (χ1) is 9.31. The summed E-state index contributed by atoms with van der Waals surface area (Å²) in [6, 6.07) is 2.57. The Bertz CT molecular complexity index is 564. The normalized spacial score (nSPS) is 10.1. The van der Waals surface area contributed by atoms with E-state index >= 15 is 0 Å². The predicted molar refractivity (Wildman–Crippen MR) is 76.4 cm³/mol. The van der Waals surface area contributed by atoms with Gasteiger partial charge in [0.1, 0.15) is 5.02 Å². The minimum Gasteiger partial charge on any atom is -0.481 e. The van der Waals surface area contributed by atoms with E-state index in [1.54, 1.807) is 6.92 Å². The number of hydrogen-bond donors (Lipinski definition) is 2. The van der Waals surface area contributed by atoms with Crippen molar-refractivity contribution in [2.45, 2.75) is 6.92 Å². The van der Waals surface area contributed by atoms with Crippen LogP contribution < -0.4 is 5.32 Å². The van der Waals surface area contributed by atoms with Crippen molar-refractivity contribution >= 4 is 46.6 Å². The molecule has 0 fully saturated rings. The molecule has 0 unspecified atom stereocenters. The molecule has 0 aliphatic carbocycles. The van der Waals surface area contributed by atoms with Crippen molar-refractivity contribution in [3.63, 3.8) is 0 Å². The summed E-state index contributed by atoms with van der Waals surface area (Å²) in [6.45, 7) is 1.60. The third-order valence-corrected chi connectivity index (χ3v) is 3.44. The van der Waals surface area contributed by atoms with E-state index in [4.69, 9.17) is 16.7 Å². The molecule has 0 heterocycles. The average Bonchev–Trinajstić information content (AvgIpc) is 2.32. The SMILES string of the molecule is Cc1cc([N+](=O)[O-])c(Cl)cc1NC(=O)CSCC(=O)O. The van der Waals surface area contributed by atoms with Crippen LogP contribution >= 0.6 is 23.4 Å². The van der Waals surface area contributed by atoms with E-state index < -0.39 is 16.8 Å². The first-order valence-electron chi connectivity index (χ1n) is 5.35. The lowest BCUT2D eigenvalue weighted by atomic mass is 10.2. The number of aryl methyl sites for hydroxylation is 1. The maximum Gasteiger partial charge on any atom is 0.313 e. The Labute approximate surface area is 123 Å². The molecule has 20 heavy (non-hydrogen) atoms. The summed E-state index contributed by atoms with van der Waals surface area (Å²) in [6.07, 6.45) is 0. The van der Waals surface area contributed by atoms with E-state index in [1.165, 1.54) is 12.1 Å². The highest BCUT2D eigenvalue weighted by Crippen LogP contribution is 2.30. The molecule has 2 N–H and O–H groups in total. The van der Waals surface area contributed by atoms with Gasteiger partial charge in [-0.3, -0.25) is 19.7 Å². The van der Waals surface area contributed by atoms with Gasteiger partial charge in [-0.05, 0) is 18.6 Å². The Morgan fingerprint density at radius 1 is 1.45 bits per heavy atom. The van der Waals surface area contributed by atoms with Crippen LogP contribution in [0.15, 0.2) is 12.1 Å². The lowest BCUT2D eigenvalue weighted by molar-refractivity contribution is -0.384. The van der Waals surface area contributed by atoms with Crippen LogP contribution in [-0.2, 0) is 9.59 Å².